The summed E-state index contributed by atoms with van der Waals surface area (Å²) in [5.41, 5.74) is 5.81. The maximum absolute atomic E-state index is 13.6. The molecule has 2 fully saturated rings. The van der Waals surface area contributed by atoms with Crippen molar-refractivity contribution in [2.45, 2.75) is 64.1 Å². The molecule has 3 heterocycles. The number of amides is 1. The van der Waals surface area contributed by atoms with Crippen LogP contribution in [0.15, 0.2) is 200 Å². The summed E-state index contributed by atoms with van der Waals surface area (Å²) in [6, 6.07) is 64.8. The first-order valence-corrected chi connectivity index (χ1v) is 27.0. The molecular formula is C65H72LiN5O7. The van der Waals surface area contributed by atoms with Crippen molar-refractivity contribution in [3.8, 4) is 11.5 Å². The zero-order valence-corrected chi connectivity index (χ0v) is 44.9. The molecule has 78 heavy (non-hydrogen) atoms. The van der Waals surface area contributed by atoms with Crippen LogP contribution in [-0.2, 0) is 35.8 Å². The molecule has 0 aliphatic carbocycles. The van der Waals surface area contributed by atoms with Gasteiger partial charge in [0.25, 0.3) is 0 Å². The number of nitrogens with zero attached hydrogens (tertiary/aromatic N) is 4. The largest absolute Gasteiger partial charge is 1.00 e. The van der Waals surface area contributed by atoms with Gasteiger partial charge in [-0.1, -0.05) is 164 Å². The van der Waals surface area contributed by atoms with E-state index < -0.39 is 18.2 Å². The maximum Gasteiger partial charge on any atom is 1.00 e. The van der Waals surface area contributed by atoms with Crippen LogP contribution in [0, 0.1) is 11.8 Å². The Hall–Kier alpha value is -6.85. The molecule has 2 aliphatic rings. The molecule has 2 saturated heterocycles. The molecule has 1 aromatic heterocycles. The number of pyridine rings is 1. The Balaban J connectivity index is 0.000000187. The van der Waals surface area contributed by atoms with Gasteiger partial charge in [-0.25, -0.2) is 0 Å². The number of carboxylic acids is 1. The van der Waals surface area contributed by atoms with Gasteiger partial charge in [0.15, 0.2) is 0 Å². The van der Waals surface area contributed by atoms with E-state index in [1.54, 1.807) is 6.20 Å². The van der Waals surface area contributed by atoms with E-state index in [-0.39, 0.29) is 49.8 Å². The third-order valence-corrected chi connectivity index (χ3v) is 14.1. The molecule has 1 amide bonds. The van der Waals surface area contributed by atoms with Crippen LogP contribution in [0.2, 0.25) is 0 Å². The zero-order chi connectivity index (χ0) is 53.4. The summed E-state index contributed by atoms with van der Waals surface area (Å²) in [5, 5.41) is 38.2. The molecule has 400 valence electrons. The normalized spacial score (nSPS) is 14.8. The standard InChI is InChI=1S/C32H35N3O3.C19H23NO4.C14H15N.Li/c36-28(24-38-31-15-7-14-30-29(31)13-8-18-33-30)23-34-19-16-27(17-20-34)32(37)35(21-25-9-3-1-4-10-25)22-26-11-5-2-6-12-26;21-16(12-20-10-8-15(9-11-20)19(22)23)13-24-18-7-3-5-14-4-1-2-6-17(14)18;1-3-7-13(8-4-1)11-15-12-14-9-5-2-6-10-14;/h1-15,18,27-28,36H,16-17,19-24H2;1-7,15-16,21H,8-13H2,(H,22,23);1-10,15H,11-12H2;/q;;;+1/p-1/t28-;16-;;/m11../s1. The molecule has 0 bridgehead atoms. The fourth-order valence-corrected chi connectivity index (χ4v) is 9.93. The van der Waals surface area contributed by atoms with Crippen LogP contribution < -0.4 is 38.8 Å². The number of nitrogens with one attached hydrogen (secondary N) is 1. The second-order valence-corrected chi connectivity index (χ2v) is 19.9. The fraction of sp³-hybridized carbons (Fsp3) is 0.308. The van der Waals surface area contributed by atoms with Crippen LogP contribution in [0.3, 0.4) is 0 Å². The molecule has 10 rings (SSSR count). The van der Waals surface area contributed by atoms with E-state index in [1.165, 1.54) is 11.1 Å². The van der Waals surface area contributed by atoms with E-state index in [2.05, 4.69) is 92.9 Å². The average Bonchev–Trinajstić information content (AvgIpc) is 3.47. The number of hydrogen-bond acceptors (Lipinski definition) is 11. The number of aliphatic hydroxyl groups is 2. The van der Waals surface area contributed by atoms with E-state index in [4.69, 9.17) is 9.47 Å². The Bertz CT molecular complexity index is 2910. The number of aromatic nitrogens is 1. The van der Waals surface area contributed by atoms with Gasteiger partial charge >= 0.3 is 18.9 Å². The molecule has 3 N–H and O–H groups in total. The topological polar surface area (TPSA) is 151 Å². The van der Waals surface area contributed by atoms with Gasteiger partial charge < -0.3 is 49.6 Å². The molecule has 2 aliphatic heterocycles. The Labute approximate surface area is 471 Å². The molecular weight excluding hydrogens is 970 g/mol. The van der Waals surface area contributed by atoms with Crippen LogP contribution in [0.25, 0.3) is 21.7 Å². The summed E-state index contributed by atoms with van der Waals surface area (Å²) in [6.45, 7) is 7.43. The van der Waals surface area contributed by atoms with E-state index in [0.29, 0.717) is 52.1 Å². The van der Waals surface area contributed by atoms with Crippen LogP contribution in [0.1, 0.15) is 47.9 Å². The molecule has 0 radical (unpaired) electrons. The van der Waals surface area contributed by atoms with Crippen LogP contribution in [0.4, 0.5) is 0 Å². The number of ether oxygens (including phenoxy) is 2. The van der Waals surface area contributed by atoms with Crippen molar-refractivity contribution >= 4 is 33.6 Å². The zero-order valence-electron chi connectivity index (χ0n) is 44.9. The summed E-state index contributed by atoms with van der Waals surface area (Å²) >= 11 is 0. The predicted octanol–water partition coefficient (Wildman–Crippen LogP) is 5.94. The number of β-amino-alcohol motifs (C(OH)–C–C–N with tert-alkyl or cyclic N) is 2. The average molecular weight is 1040 g/mol. The molecule has 7 aromatic carbocycles. The SMILES string of the molecule is O=C(C1CCN(C[C@@H](O)COc2cccc3ncccc23)CC1)N(Cc1ccccc1)Cc1ccccc1.O=C([O-])C1CCN(C[C@@H](O)COc2cccc3ccccc23)CC1.[Li+].c1ccc(CNCc2ccccc2)cc1. The Morgan fingerprint density at radius 3 is 1.47 bits per heavy atom. The predicted molar refractivity (Wildman–Crippen MR) is 303 cm³/mol. The number of benzene rings is 7. The number of carbonyl (C=O) groups is 2. The minimum atomic E-state index is -0.963. The number of likely N-dealkylation sites (tertiary alicyclic amines) is 2. The molecule has 13 heteroatoms. The van der Waals surface area contributed by atoms with Crippen molar-refractivity contribution in [3.05, 3.63) is 223 Å². The van der Waals surface area contributed by atoms with Crippen molar-refractivity contribution in [2.24, 2.45) is 11.8 Å². The maximum atomic E-state index is 13.6. The molecule has 0 spiro atoms. The smallest absolute Gasteiger partial charge is 0.550 e. The van der Waals surface area contributed by atoms with Gasteiger partial charge in [0, 0.05) is 74.0 Å². The summed E-state index contributed by atoms with van der Waals surface area (Å²) < 4.78 is 11.8. The number of hydrogen-bond donors (Lipinski definition) is 3. The van der Waals surface area contributed by atoms with Crippen molar-refractivity contribution < 1.29 is 53.2 Å². The molecule has 12 nitrogen and oxygen atoms in total. The van der Waals surface area contributed by atoms with E-state index in [0.717, 1.165) is 83.3 Å². The Morgan fingerprint density at radius 2 is 0.962 bits per heavy atom. The van der Waals surface area contributed by atoms with Crippen molar-refractivity contribution in [2.75, 3.05) is 52.5 Å². The van der Waals surface area contributed by atoms with Gasteiger partial charge in [-0.05, 0) is 110 Å². The molecule has 0 saturated carbocycles. The first kappa shape index (κ1) is 58.8. The summed E-state index contributed by atoms with van der Waals surface area (Å²) in [6.07, 6.45) is 3.30. The van der Waals surface area contributed by atoms with Crippen molar-refractivity contribution in [1.82, 2.24) is 25.0 Å². The summed E-state index contributed by atoms with van der Waals surface area (Å²) in [5.74, 6) is 0.388. The van der Waals surface area contributed by atoms with Crippen molar-refractivity contribution in [3.63, 3.8) is 0 Å². The van der Waals surface area contributed by atoms with E-state index >= 15 is 0 Å². The monoisotopic (exact) mass is 1040 g/mol. The summed E-state index contributed by atoms with van der Waals surface area (Å²) in [7, 11) is 0. The first-order valence-electron chi connectivity index (χ1n) is 27.0. The van der Waals surface area contributed by atoms with E-state index in [9.17, 15) is 24.9 Å². The number of aliphatic carboxylic acids is 1. The van der Waals surface area contributed by atoms with Gasteiger partial charge in [-0.15, -0.1) is 0 Å². The minimum Gasteiger partial charge on any atom is -0.550 e. The Morgan fingerprint density at radius 1 is 0.538 bits per heavy atom. The van der Waals surface area contributed by atoms with Crippen LogP contribution >= 0.6 is 0 Å². The van der Waals surface area contributed by atoms with Crippen LogP contribution in [0.5, 0.6) is 11.5 Å². The number of aliphatic hydroxyl groups excluding tert-OH is 2. The number of fused-ring (bicyclic) bond motifs is 2. The van der Waals surface area contributed by atoms with Gasteiger partial charge in [-0.3, -0.25) is 9.78 Å². The number of rotatable bonds is 20. The second kappa shape index (κ2) is 31.5. The van der Waals surface area contributed by atoms with Gasteiger partial charge in [0.2, 0.25) is 5.91 Å². The van der Waals surface area contributed by atoms with Gasteiger partial charge in [-0.2, -0.15) is 0 Å². The third-order valence-electron chi connectivity index (χ3n) is 14.1. The van der Waals surface area contributed by atoms with Gasteiger partial charge in [0.05, 0.1) is 5.52 Å². The van der Waals surface area contributed by atoms with Crippen molar-refractivity contribution in [1.29, 1.82) is 0 Å². The van der Waals surface area contributed by atoms with Gasteiger partial charge in [0.1, 0.15) is 36.9 Å². The molecule has 8 aromatic rings. The van der Waals surface area contributed by atoms with Crippen LogP contribution in [-0.4, -0.2) is 106 Å². The fourth-order valence-electron chi connectivity index (χ4n) is 9.93. The minimum absolute atomic E-state index is 0. The number of carboxylic acid groups (broad SMARTS) is 1. The third kappa shape index (κ3) is 18.7. The number of carbonyl (C=O) groups excluding carboxylic acids is 2. The number of piperidine rings is 2. The quantitative estimate of drug-likeness (QED) is 0.0780. The molecule has 2 atom stereocenters. The first-order chi connectivity index (χ1) is 37.7. The molecule has 0 unspecified atom stereocenters. The summed E-state index contributed by atoms with van der Waals surface area (Å²) in [4.78, 5) is 35.2. The Kier molecular flexibility index (Phi) is 23.8. The van der Waals surface area contributed by atoms with E-state index in [1.807, 2.05) is 126 Å². The second-order valence-electron chi connectivity index (χ2n) is 19.9.